The van der Waals surface area contributed by atoms with Crippen LogP contribution < -0.4 is 4.84 Å². The second-order valence-corrected chi connectivity index (χ2v) is 5.32. The van der Waals surface area contributed by atoms with E-state index in [9.17, 15) is 10.1 Å². The molecule has 0 unspecified atom stereocenters. The summed E-state index contributed by atoms with van der Waals surface area (Å²) in [5.74, 6) is 0.871. The first-order valence-electron chi connectivity index (χ1n) is 6.66. The molecule has 0 saturated carbocycles. The van der Waals surface area contributed by atoms with Crippen molar-refractivity contribution in [2.45, 2.75) is 26.3 Å². The largest absolute Gasteiger partial charge is 0.357 e. The van der Waals surface area contributed by atoms with Gasteiger partial charge in [-0.3, -0.25) is 10.1 Å². The summed E-state index contributed by atoms with van der Waals surface area (Å²) in [5, 5.41) is 14.8. The van der Waals surface area contributed by atoms with Gasteiger partial charge in [0, 0.05) is 37.1 Å². The van der Waals surface area contributed by atoms with Crippen molar-refractivity contribution < 1.29 is 9.76 Å². The van der Waals surface area contributed by atoms with Gasteiger partial charge in [-0.1, -0.05) is 12.1 Å². The van der Waals surface area contributed by atoms with Gasteiger partial charge in [0.25, 0.3) is 5.69 Å². The molecule has 20 heavy (non-hydrogen) atoms. The number of oxime groups is 1. The van der Waals surface area contributed by atoms with Gasteiger partial charge in [-0.05, 0) is 26.1 Å². The SMILES string of the molecule is C[C@H]1CN(C)[C@@H](C)C/C1=N/Oc1ccc([N+](=O)[O-])cc1. The van der Waals surface area contributed by atoms with Crippen molar-refractivity contribution in [2.24, 2.45) is 11.1 Å². The highest BCUT2D eigenvalue weighted by Gasteiger charge is 2.25. The van der Waals surface area contributed by atoms with E-state index >= 15 is 0 Å². The molecule has 0 aromatic heterocycles. The van der Waals surface area contributed by atoms with Gasteiger partial charge >= 0.3 is 0 Å². The van der Waals surface area contributed by atoms with Crippen LogP contribution in [0.2, 0.25) is 0 Å². The summed E-state index contributed by atoms with van der Waals surface area (Å²) in [7, 11) is 2.11. The molecule has 108 valence electrons. The van der Waals surface area contributed by atoms with E-state index in [1.165, 1.54) is 12.1 Å². The molecule has 1 fully saturated rings. The van der Waals surface area contributed by atoms with Crippen LogP contribution >= 0.6 is 0 Å². The number of non-ortho nitro benzene ring substituents is 1. The summed E-state index contributed by atoms with van der Waals surface area (Å²) in [6.45, 7) is 5.25. The van der Waals surface area contributed by atoms with Crippen LogP contribution in [0.25, 0.3) is 0 Å². The van der Waals surface area contributed by atoms with E-state index in [1.54, 1.807) is 12.1 Å². The molecule has 1 heterocycles. The lowest BCUT2D eigenvalue weighted by Gasteiger charge is -2.34. The molecular weight excluding hydrogens is 258 g/mol. The standard InChI is InChI=1S/C14H19N3O3/c1-10-9-16(3)11(2)8-14(10)15-20-13-6-4-12(5-7-13)17(18)19/h4-7,10-11H,8-9H2,1-3H3/b15-14-/t10-,11-/m0/s1. The number of likely N-dealkylation sites (tertiary alicyclic amines) is 1. The van der Waals surface area contributed by atoms with Crippen molar-refractivity contribution in [2.75, 3.05) is 13.6 Å². The molecule has 2 rings (SSSR count). The normalized spacial score (nSPS) is 25.6. The van der Waals surface area contributed by atoms with E-state index in [2.05, 4.69) is 31.0 Å². The van der Waals surface area contributed by atoms with E-state index in [0.29, 0.717) is 17.7 Å². The third kappa shape index (κ3) is 3.33. The smallest absolute Gasteiger partial charge is 0.269 e. The van der Waals surface area contributed by atoms with Gasteiger partial charge in [-0.15, -0.1) is 0 Å². The summed E-state index contributed by atoms with van der Waals surface area (Å²) in [6, 6.07) is 6.40. The molecule has 2 atom stereocenters. The Morgan fingerprint density at radius 2 is 2.00 bits per heavy atom. The van der Waals surface area contributed by atoms with Crippen LogP contribution in [0.15, 0.2) is 29.4 Å². The van der Waals surface area contributed by atoms with Crippen LogP contribution in [0.4, 0.5) is 5.69 Å². The molecule has 1 saturated heterocycles. The Labute approximate surface area is 118 Å². The topological polar surface area (TPSA) is 68.0 Å². The Morgan fingerprint density at radius 1 is 1.35 bits per heavy atom. The zero-order valence-corrected chi connectivity index (χ0v) is 11.9. The van der Waals surface area contributed by atoms with E-state index in [-0.39, 0.29) is 5.69 Å². The molecule has 0 aliphatic carbocycles. The lowest BCUT2D eigenvalue weighted by Crippen LogP contribution is -2.43. The Kier molecular flexibility index (Phi) is 4.34. The van der Waals surface area contributed by atoms with E-state index in [0.717, 1.165) is 18.7 Å². The maximum atomic E-state index is 10.6. The Morgan fingerprint density at radius 3 is 2.60 bits per heavy atom. The minimum Gasteiger partial charge on any atom is -0.357 e. The third-order valence-electron chi connectivity index (χ3n) is 3.70. The number of benzene rings is 1. The second kappa shape index (κ2) is 6.00. The van der Waals surface area contributed by atoms with E-state index in [4.69, 9.17) is 4.84 Å². The molecule has 1 aliphatic heterocycles. The van der Waals surface area contributed by atoms with Gasteiger partial charge in [0.2, 0.25) is 0 Å². The number of piperidine rings is 1. The van der Waals surface area contributed by atoms with Crippen LogP contribution in [0.3, 0.4) is 0 Å². The molecule has 1 aliphatic rings. The van der Waals surface area contributed by atoms with Crippen LogP contribution in [0.5, 0.6) is 5.75 Å². The zero-order chi connectivity index (χ0) is 14.7. The molecule has 6 heteroatoms. The quantitative estimate of drug-likeness (QED) is 0.629. The lowest BCUT2D eigenvalue weighted by atomic mass is 9.93. The van der Waals surface area contributed by atoms with Gasteiger partial charge in [0.05, 0.1) is 10.6 Å². The van der Waals surface area contributed by atoms with Gasteiger partial charge < -0.3 is 9.74 Å². The van der Waals surface area contributed by atoms with Crippen LogP contribution in [-0.4, -0.2) is 35.2 Å². The molecule has 0 spiro atoms. The first-order chi connectivity index (χ1) is 9.47. The highest BCUT2D eigenvalue weighted by atomic mass is 16.6. The number of rotatable bonds is 3. The lowest BCUT2D eigenvalue weighted by molar-refractivity contribution is -0.384. The fourth-order valence-electron chi connectivity index (χ4n) is 2.24. The number of nitro benzene ring substituents is 1. The predicted octanol–water partition coefficient (Wildman–Crippen LogP) is 2.69. The number of nitro groups is 1. The fourth-order valence-corrected chi connectivity index (χ4v) is 2.24. The second-order valence-electron chi connectivity index (χ2n) is 5.32. The van der Waals surface area contributed by atoms with Crippen LogP contribution in [0, 0.1) is 16.0 Å². The van der Waals surface area contributed by atoms with Gasteiger partial charge in [-0.25, -0.2) is 0 Å². The van der Waals surface area contributed by atoms with E-state index in [1.807, 2.05) is 0 Å². The Bertz CT molecular complexity index is 513. The highest BCUT2D eigenvalue weighted by Crippen LogP contribution is 2.21. The third-order valence-corrected chi connectivity index (χ3v) is 3.70. The molecule has 0 bridgehead atoms. The average molecular weight is 277 g/mol. The number of hydrogen-bond donors (Lipinski definition) is 0. The van der Waals surface area contributed by atoms with Gasteiger partial charge in [0.15, 0.2) is 5.75 Å². The molecule has 1 aromatic rings. The molecule has 0 amide bonds. The zero-order valence-electron chi connectivity index (χ0n) is 11.9. The van der Waals surface area contributed by atoms with Crippen molar-refractivity contribution in [1.29, 1.82) is 0 Å². The maximum absolute atomic E-state index is 10.6. The van der Waals surface area contributed by atoms with Crippen molar-refractivity contribution in [3.05, 3.63) is 34.4 Å². The van der Waals surface area contributed by atoms with Gasteiger partial charge in [-0.2, -0.15) is 0 Å². The molecule has 0 radical (unpaired) electrons. The predicted molar refractivity (Wildman–Crippen MR) is 77.0 cm³/mol. The molecular formula is C14H19N3O3. The Hall–Kier alpha value is -1.95. The van der Waals surface area contributed by atoms with Gasteiger partial charge in [0.1, 0.15) is 0 Å². The minimum atomic E-state index is -0.434. The summed E-state index contributed by atoms with van der Waals surface area (Å²) in [4.78, 5) is 17.8. The van der Waals surface area contributed by atoms with Crippen molar-refractivity contribution in [3.8, 4) is 5.75 Å². The summed E-state index contributed by atoms with van der Waals surface area (Å²) < 4.78 is 0. The fraction of sp³-hybridized carbons (Fsp3) is 0.500. The molecule has 6 nitrogen and oxygen atoms in total. The first-order valence-corrected chi connectivity index (χ1v) is 6.66. The molecule has 1 aromatic carbocycles. The van der Waals surface area contributed by atoms with Crippen molar-refractivity contribution in [1.82, 2.24) is 4.90 Å². The Balaban J connectivity index is 2.03. The van der Waals surface area contributed by atoms with Crippen LogP contribution in [0.1, 0.15) is 20.3 Å². The number of hydrogen-bond acceptors (Lipinski definition) is 5. The minimum absolute atomic E-state index is 0.0475. The van der Waals surface area contributed by atoms with Crippen LogP contribution in [-0.2, 0) is 0 Å². The summed E-state index contributed by atoms with van der Waals surface area (Å²) in [5.41, 5.74) is 1.08. The molecule has 0 N–H and O–H groups in total. The maximum Gasteiger partial charge on any atom is 0.269 e. The summed E-state index contributed by atoms with van der Waals surface area (Å²) >= 11 is 0. The summed E-state index contributed by atoms with van der Waals surface area (Å²) in [6.07, 6.45) is 0.880. The monoisotopic (exact) mass is 277 g/mol. The van der Waals surface area contributed by atoms with Crippen molar-refractivity contribution >= 4 is 11.4 Å². The average Bonchev–Trinajstić information content (AvgIpc) is 2.42. The van der Waals surface area contributed by atoms with E-state index < -0.39 is 4.92 Å². The highest BCUT2D eigenvalue weighted by molar-refractivity contribution is 5.87. The first kappa shape index (κ1) is 14.5. The number of nitrogens with zero attached hydrogens (tertiary/aromatic N) is 3. The van der Waals surface area contributed by atoms with Crippen molar-refractivity contribution in [3.63, 3.8) is 0 Å².